The van der Waals surface area contributed by atoms with Gasteiger partial charge in [0, 0.05) is 18.9 Å². The van der Waals surface area contributed by atoms with Crippen LogP contribution in [0.15, 0.2) is 0 Å². The third-order valence-corrected chi connectivity index (χ3v) is 3.65. The fraction of sp³-hybridized carbons (Fsp3) is 0.727. The number of thioether (sulfide) groups is 1. The van der Waals surface area contributed by atoms with E-state index in [1.807, 2.05) is 11.8 Å². The molecule has 7 heteroatoms. The van der Waals surface area contributed by atoms with E-state index in [9.17, 15) is 14.4 Å². The number of amides is 3. The van der Waals surface area contributed by atoms with Crippen molar-refractivity contribution in [2.24, 2.45) is 0 Å². The van der Waals surface area contributed by atoms with Gasteiger partial charge in [0.05, 0.1) is 0 Å². The molecule has 0 aromatic heterocycles. The topological polar surface area (TPSA) is 95.5 Å². The van der Waals surface area contributed by atoms with Gasteiger partial charge in [0.25, 0.3) is 0 Å². The number of carbonyl (C=O) groups is 3. The molecule has 0 aliphatic carbocycles. The van der Waals surface area contributed by atoms with Crippen LogP contribution < -0.4 is 10.6 Å². The number of carbonyl (C=O) groups excluding carboxylic acids is 2. The highest BCUT2D eigenvalue weighted by molar-refractivity contribution is 7.99. The van der Waals surface area contributed by atoms with Gasteiger partial charge in [-0.1, -0.05) is 0 Å². The molecule has 1 heterocycles. The van der Waals surface area contributed by atoms with Gasteiger partial charge in [-0.05, 0) is 30.8 Å². The molecule has 0 aromatic rings. The molecule has 0 saturated carbocycles. The maximum atomic E-state index is 11.5. The second-order valence-corrected chi connectivity index (χ2v) is 5.38. The Morgan fingerprint density at radius 3 is 2.44 bits per heavy atom. The summed E-state index contributed by atoms with van der Waals surface area (Å²) in [4.78, 5) is 33.0. The fourth-order valence-corrected chi connectivity index (χ4v) is 2.76. The van der Waals surface area contributed by atoms with Crippen molar-refractivity contribution in [1.82, 2.24) is 10.6 Å². The van der Waals surface area contributed by atoms with Gasteiger partial charge in [-0.25, -0.2) is 4.79 Å². The first-order chi connectivity index (χ1) is 8.58. The van der Waals surface area contributed by atoms with Crippen LogP contribution in [0.3, 0.4) is 0 Å². The number of urea groups is 1. The summed E-state index contributed by atoms with van der Waals surface area (Å²) in [6.07, 6.45) is 2.08. The normalized spacial score (nSPS) is 16.0. The Morgan fingerprint density at radius 1 is 1.17 bits per heavy atom. The SMILES string of the molecule is O=C(O)CCCC(=O)NC(=O)NC1CCSCC1. The van der Waals surface area contributed by atoms with Crippen molar-refractivity contribution in [1.29, 1.82) is 0 Å². The molecule has 6 nitrogen and oxygen atoms in total. The molecule has 102 valence electrons. The van der Waals surface area contributed by atoms with Crippen LogP contribution in [-0.2, 0) is 9.59 Å². The summed E-state index contributed by atoms with van der Waals surface area (Å²) in [5.74, 6) is 0.681. The largest absolute Gasteiger partial charge is 0.481 e. The molecule has 1 rings (SSSR count). The fourth-order valence-electron chi connectivity index (χ4n) is 1.65. The maximum absolute atomic E-state index is 11.5. The van der Waals surface area contributed by atoms with E-state index in [0.717, 1.165) is 24.3 Å². The Hall–Kier alpha value is -1.24. The van der Waals surface area contributed by atoms with Crippen LogP contribution in [0.4, 0.5) is 4.79 Å². The van der Waals surface area contributed by atoms with Gasteiger partial charge < -0.3 is 10.4 Å². The molecule has 3 amide bonds. The predicted octanol–water partition coefficient (Wildman–Crippen LogP) is 0.963. The number of imide groups is 1. The molecule has 0 atom stereocenters. The molecule has 0 aromatic carbocycles. The maximum Gasteiger partial charge on any atom is 0.321 e. The average molecular weight is 274 g/mol. The lowest BCUT2D eigenvalue weighted by Gasteiger charge is -2.22. The van der Waals surface area contributed by atoms with Crippen molar-refractivity contribution >= 4 is 29.7 Å². The standard InChI is InChI=1S/C11H18N2O4S/c14-9(2-1-3-10(15)16)13-11(17)12-8-4-6-18-7-5-8/h8H,1-7H2,(H,15,16)(H2,12,13,14,17). The van der Waals surface area contributed by atoms with Crippen LogP contribution in [0, 0.1) is 0 Å². The minimum atomic E-state index is -0.938. The smallest absolute Gasteiger partial charge is 0.321 e. The van der Waals surface area contributed by atoms with Gasteiger partial charge in [0.2, 0.25) is 5.91 Å². The van der Waals surface area contributed by atoms with Crippen molar-refractivity contribution < 1.29 is 19.5 Å². The minimum absolute atomic E-state index is 0.0558. The van der Waals surface area contributed by atoms with Crippen molar-refractivity contribution in [2.45, 2.75) is 38.1 Å². The van der Waals surface area contributed by atoms with Gasteiger partial charge in [0.1, 0.15) is 0 Å². The minimum Gasteiger partial charge on any atom is -0.481 e. The van der Waals surface area contributed by atoms with Gasteiger partial charge in [-0.3, -0.25) is 14.9 Å². The first kappa shape index (κ1) is 14.8. The van der Waals surface area contributed by atoms with E-state index in [2.05, 4.69) is 10.6 Å². The van der Waals surface area contributed by atoms with Crippen molar-refractivity contribution in [3.8, 4) is 0 Å². The van der Waals surface area contributed by atoms with Crippen LogP contribution in [0.25, 0.3) is 0 Å². The van der Waals surface area contributed by atoms with Crippen molar-refractivity contribution in [3.63, 3.8) is 0 Å². The molecule has 1 fully saturated rings. The summed E-state index contributed by atoms with van der Waals surface area (Å²) in [5, 5.41) is 13.4. The highest BCUT2D eigenvalue weighted by Gasteiger charge is 2.17. The summed E-state index contributed by atoms with van der Waals surface area (Å²) >= 11 is 1.86. The second-order valence-electron chi connectivity index (χ2n) is 4.16. The summed E-state index contributed by atoms with van der Waals surface area (Å²) in [5.41, 5.74) is 0. The Kier molecular flexibility index (Phi) is 6.56. The molecule has 0 spiro atoms. The van der Waals surface area contributed by atoms with Crippen LogP contribution in [-0.4, -0.2) is 40.6 Å². The Balaban J connectivity index is 2.14. The lowest BCUT2D eigenvalue weighted by Crippen LogP contribution is -2.45. The monoisotopic (exact) mass is 274 g/mol. The van der Waals surface area contributed by atoms with E-state index in [-0.39, 0.29) is 25.3 Å². The number of carboxylic acid groups (broad SMARTS) is 1. The molecular weight excluding hydrogens is 256 g/mol. The van der Waals surface area contributed by atoms with Gasteiger partial charge in [0.15, 0.2) is 0 Å². The Morgan fingerprint density at radius 2 is 1.83 bits per heavy atom. The molecule has 0 unspecified atom stereocenters. The first-order valence-corrected chi connectivity index (χ1v) is 7.13. The van der Waals surface area contributed by atoms with Crippen LogP contribution in [0.2, 0.25) is 0 Å². The van der Waals surface area contributed by atoms with E-state index < -0.39 is 17.9 Å². The number of rotatable bonds is 5. The summed E-state index contributed by atoms with van der Waals surface area (Å²) in [6, 6.07) is -0.342. The summed E-state index contributed by atoms with van der Waals surface area (Å²) in [7, 11) is 0. The molecule has 1 aliphatic heterocycles. The van der Waals surface area contributed by atoms with E-state index >= 15 is 0 Å². The second kappa shape index (κ2) is 7.97. The van der Waals surface area contributed by atoms with Crippen LogP contribution in [0.1, 0.15) is 32.1 Å². The Bertz CT molecular complexity index is 316. The molecule has 0 bridgehead atoms. The van der Waals surface area contributed by atoms with Gasteiger partial charge >= 0.3 is 12.0 Å². The highest BCUT2D eigenvalue weighted by Crippen LogP contribution is 2.16. The van der Waals surface area contributed by atoms with Crippen LogP contribution >= 0.6 is 11.8 Å². The van der Waals surface area contributed by atoms with E-state index in [0.29, 0.717) is 0 Å². The van der Waals surface area contributed by atoms with Gasteiger partial charge in [-0.2, -0.15) is 11.8 Å². The number of hydrogen-bond acceptors (Lipinski definition) is 4. The first-order valence-electron chi connectivity index (χ1n) is 5.98. The van der Waals surface area contributed by atoms with E-state index in [1.54, 1.807) is 0 Å². The number of aliphatic carboxylic acids is 1. The number of hydrogen-bond donors (Lipinski definition) is 3. The van der Waals surface area contributed by atoms with Crippen molar-refractivity contribution in [2.75, 3.05) is 11.5 Å². The van der Waals surface area contributed by atoms with E-state index in [4.69, 9.17) is 5.11 Å². The lowest BCUT2D eigenvalue weighted by molar-refractivity contribution is -0.137. The lowest BCUT2D eigenvalue weighted by atomic mass is 10.1. The molecule has 18 heavy (non-hydrogen) atoms. The van der Waals surface area contributed by atoms with Crippen molar-refractivity contribution in [3.05, 3.63) is 0 Å². The summed E-state index contributed by atoms with van der Waals surface area (Å²) in [6.45, 7) is 0. The average Bonchev–Trinajstić information content (AvgIpc) is 2.29. The zero-order valence-corrected chi connectivity index (χ0v) is 10.9. The molecule has 1 saturated heterocycles. The number of nitrogens with one attached hydrogen (secondary N) is 2. The molecule has 1 aliphatic rings. The highest BCUT2D eigenvalue weighted by atomic mass is 32.2. The quantitative estimate of drug-likeness (QED) is 0.694. The molecule has 3 N–H and O–H groups in total. The Labute approximate surface area is 110 Å². The molecular formula is C11H18N2O4S. The van der Waals surface area contributed by atoms with Crippen LogP contribution in [0.5, 0.6) is 0 Å². The third-order valence-electron chi connectivity index (χ3n) is 2.60. The molecule has 0 radical (unpaired) electrons. The van der Waals surface area contributed by atoms with E-state index in [1.165, 1.54) is 0 Å². The zero-order chi connectivity index (χ0) is 13.4. The van der Waals surface area contributed by atoms with Gasteiger partial charge in [-0.15, -0.1) is 0 Å². The number of carboxylic acids is 1. The zero-order valence-electron chi connectivity index (χ0n) is 10.1. The summed E-state index contributed by atoms with van der Waals surface area (Å²) < 4.78 is 0. The predicted molar refractivity (Wildman–Crippen MR) is 68.5 cm³/mol. The third kappa shape index (κ3) is 6.48.